The van der Waals surface area contributed by atoms with Crippen molar-refractivity contribution in [3.8, 4) is 0 Å². The summed E-state index contributed by atoms with van der Waals surface area (Å²) in [5, 5.41) is 0. The summed E-state index contributed by atoms with van der Waals surface area (Å²) < 4.78 is 1.04. The Morgan fingerprint density at radius 1 is 1.19 bits per heavy atom. The van der Waals surface area contributed by atoms with Crippen molar-refractivity contribution >= 4 is 27.4 Å². The van der Waals surface area contributed by atoms with Crippen LogP contribution in [-0.2, 0) is 0 Å². The van der Waals surface area contributed by atoms with Gasteiger partial charge in [0.1, 0.15) is 0 Å². The van der Waals surface area contributed by atoms with Gasteiger partial charge < -0.3 is 4.90 Å². The van der Waals surface area contributed by atoms with Crippen molar-refractivity contribution in [2.75, 3.05) is 31.1 Å². The molecule has 2 saturated heterocycles. The molecule has 21 heavy (non-hydrogen) atoms. The molecule has 1 atom stereocenters. The fourth-order valence-corrected chi connectivity index (χ4v) is 4.15. The molecule has 0 bridgehead atoms. The van der Waals surface area contributed by atoms with Crippen molar-refractivity contribution in [2.45, 2.75) is 38.6 Å². The zero-order valence-electron chi connectivity index (χ0n) is 12.6. The third-order valence-electron chi connectivity index (χ3n) is 4.77. The summed E-state index contributed by atoms with van der Waals surface area (Å²) in [5.74, 6) is 0.120. The summed E-state index contributed by atoms with van der Waals surface area (Å²) in [5.41, 5.74) is 2.00. The van der Waals surface area contributed by atoms with Gasteiger partial charge >= 0.3 is 0 Å². The monoisotopic (exact) mass is 350 g/mol. The molecule has 114 valence electrons. The second-order valence-corrected chi connectivity index (χ2v) is 7.06. The van der Waals surface area contributed by atoms with E-state index in [-0.39, 0.29) is 5.78 Å². The van der Waals surface area contributed by atoms with Gasteiger partial charge in [0.25, 0.3) is 0 Å². The smallest absolute Gasteiger partial charge is 0.159 e. The molecule has 2 aliphatic rings. The lowest BCUT2D eigenvalue weighted by Gasteiger charge is -2.32. The van der Waals surface area contributed by atoms with Gasteiger partial charge in [-0.3, -0.25) is 9.69 Å². The fourth-order valence-electron chi connectivity index (χ4n) is 3.52. The first-order valence-electron chi connectivity index (χ1n) is 7.94. The van der Waals surface area contributed by atoms with Crippen LogP contribution in [0.2, 0.25) is 0 Å². The van der Waals surface area contributed by atoms with Gasteiger partial charge in [-0.1, -0.05) is 6.42 Å². The molecule has 2 heterocycles. The van der Waals surface area contributed by atoms with Crippen LogP contribution in [0.4, 0.5) is 5.69 Å². The van der Waals surface area contributed by atoms with Gasteiger partial charge in [0.15, 0.2) is 5.78 Å². The molecule has 0 N–H and O–H groups in total. The zero-order valence-corrected chi connectivity index (χ0v) is 14.2. The number of benzene rings is 1. The summed E-state index contributed by atoms with van der Waals surface area (Å²) in [6.45, 7) is 6.37. The predicted octanol–water partition coefficient (Wildman–Crippen LogP) is 3.72. The first-order valence-corrected chi connectivity index (χ1v) is 8.74. The molecule has 1 aromatic carbocycles. The number of carbonyl (C=O) groups is 1. The quantitative estimate of drug-likeness (QED) is 0.776. The van der Waals surface area contributed by atoms with Gasteiger partial charge in [0.2, 0.25) is 0 Å². The highest BCUT2D eigenvalue weighted by Gasteiger charge is 2.29. The highest BCUT2D eigenvalue weighted by Crippen LogP contribution is 2.31. The van der Waals surface area contributed by atoms with Crippen LogP contribution in [0, 0.1) is 0 Å². The molecule has 2 aliphatic heterocycles. The highest BCUT2D eigenvalue weighted by atomic mass is 79.9. The average molecular weight is 351 g/mol. The van der Waals surface area contributed by atoms with Gasteiger partial charge in [-0.2, -0.15) is 0 Å². The minimum Gasteiger partial charge on any atom is -0.369 e. The molecule has 1 unspecified atom stereocenters. The number of rotatable bonds is 3. The van der Waals surface area contributed by atoms with E-state index in [1.807, 2.05) is 12.1 Å². The number of halogens is 1. The van der Waals surface area contributed by atoms with Crippen LogP contribution in [0.1, 0.15) is 43.0 Å². The van der Waals surface area contributed by atoms with Crippen LogP contribution in [0.25, 0.3) is 0 Å². The van der Waals surface area contributed by atoms with Crippen LogP contribution in [0.15, 0.2) is 22.7 Å². The fraction of sp³-hybridized carbons (Fsp3) is 0.588. The Bertz CT molecular complexity index is 526. The number of hydrogen-bond donors (Lipinski definition) is 0. The van der Waals surface area contributed by atoms with Crippen LogP contribution in [-0.4, -0.2) is 42.9 Å². The van der Waals surface area contributed by atoms with Crippen LogP contribution >= 0.6 is 15.9 Å². The van der Waals surface area contributed by atoms with E-state index in [4.69, 9.17) is 0 Å². The van der Waals surface area contributed by atoms with Crippen molar-refractivity contribution in [1.82, 2.24) is 4.90 Å². The second kappa shape index (κ2) is 6.49. The lowest BCUT2D eigenvalue weighted by atomic mass is 10.1. The van der Waals surface area contributed by atoms with Crippen molar-refractivity contribution < 1.29 is 4.79 Å². The second-order valence-electron chi connectivity index (χ2n) is 6.21. The van der Waals surface area contributed by atoms with Gasteiger partial charge in [-0.25, -0.2) is 0 Å². The first-order chi connectivity index (χ1) is 10.1. The number of hydrogen-bond acceptors (Lipinski definition) is 3. The molecule has 3 nitrogen and oxygen atoms in total. The molecule has 0 aromatic heterocycles. The number of nitrogens with zero attached hydrogens (tertiary/aromatic N) is 2. The molecule has 3 rings (SSSR count). The largest absolute Gasteiger partial charge is 0.369 e. The molecule has 0 aliphatic carbocycles. The number of anilines is 1. The highest BCUT2D eigenvalue weighted by molar-refractivity contribution is 9.10. The van der Waals surface area contributed by atoms with E-state index in [0.717, 1.165) is 23.1 Å². The van der Waals surface area contributed by atoms with E-state index in [2.05, 4.69) is 31.8 Å². The molecular formula is C17H23BrN2O. The van der Waals surface area contributed by atoms with Crippen LogP contribution in [0.5, 0.6) is 0 Å². The lowest BCUT2D eigenvalue weighted by Crippen LogP contribution is -2.40. The normalized spacial score (nSPS) is 23.5. The Morgan fingerprint density at radius 3 is 2.62 bits per heavy atom. The lowest BCUT2D eigenvalue weighted by molar-refractivity contribution is 0.101. The Balaban J connectivity index is 1.69. The Hall–Kier alpha value is -0.870. The average Bonchev–Trinajstić information content (AvgIpc) is 2.97. The maximum atomic E-state index is 11.4. The summed E-state index contributed by atoms with van der Waals surface area (Å²) in [7, 11) is 0. The van der Waals surface area contributed by atoms with E-state index in [0.29, 0.717) is 6.04 Å². The third-order valence-corrected chi connectivity index (χ3v) is 5.40. The zero-order chi connectivity index (χ0) is 14.8. The molecule has 4 heteroatoms. The molecule has 0 spiro atoms. The van der Waals surface area contributed by atoms with Crippen LogP contribution < -0.4 is 4.90 Å². The Kier molecular flexibility index (Phi) is 4.65. The summed E-state index contributed by atoms with van der Waals surface area (Å²) >= 11 is 3.63. The van der Waals surface area contributed by atoms with Gasteiger partial charge in [-0.15, -0.1) is 0 Å². The van der Waals surface area contributed by atoms with Crippen molar-refractivity contribution in [1.29, 1.82) is 0 Å². The number of ketones is 1. The SMILES string of the molecule is CC(=O)c1ccc(N2CCC(N3CCCCC3)C2)c(Br)c1. The maximum absolute atomic E-state index is 11.4. The number of piperidine rings is 1. The van der Waals surface area contributed by atoms with E-state index in [1.165, 1.54) is 44.5 Å². The first kappa shape index (κ1) is 15.0. The molecular weight excluding hydrogens is 328 g/mol. The van der Waals surface area contributed by atoms with Crippen molar-refractivity contribution in [3.05, 3.63) is 28.2 Å². The predicted molar refractivity (Wildman–Crippen MR) is 90.2 cm³/mol. The Morgan fingerprint density at radius 2 is 1.95 bits per heavy atom. The Labute approximate surface area is 135 Å². The minimum atomic E-state index is 0.120. The molecule has 0 saturated carbocycles. The van der Waals surface area contributed by atoms with Crippen LogP contribution in [0.3, 0.4) is 0 Å². The van der Waals surface area contributed by atoms with Crippen molar-refractivity contribution in [2.24, 2.45) is 0 Å². The van der Waals surface area contributed by atoms with Crippen molar-refractivity contribution in [3.63, 3.8) is 0 Å². The number of likely N-dealkylation sites (tertiary alicyclic amines) is 1. The molecule has 0 radical (unpaired) electrons. The molecule has 2 fully saturated rings. The summed E-state index contributed by atoms with van der Waals surface area (Å²) in [6.07, 6.45) is 5.35. The van der Waals surface area contributed by atoms with E-state index >= 15 is 0 Å². The van der Waals surface area contributed by atoms with Gasteiger partial charge in [0.05, 0.1) is 5.69 Å². The number of Topliss-reactive ketones (excluding diaryl/α,β-unsaturated/α-hetero) is 1. The standard InChI is InChI=1S/C17H23BrN2O/c1-13(21)14-5-6-17(16(18)11-14)20-10-7-15(12-20)19-8-3-2-4-9-19/h5-6,11,15H,2-4,7-10,12H2,1H3. The van der Waals surface area contributed by atoms with E-state index in [9.17, 15) is 4.79 Å². The molecule has 0 amide bonds. The van der Waals surface area contributed by atoms with E-state index < -0.39 is 0 Å². The molecule has 1 aromatic rings. The topological polar surface area (TPSA) is 23.6 Å². The number of carbonyl (C=O) groups excluding carboxylic acids is 1. The van der Waals surface area contributed by atoms with Gasteiger partial charge in [0, 0.05) is 29.2 Å². The van der Waals surface area contributed by atoms with E-state index in [1.54, 1.807) is 6.92 Å². The minimum absolute atomic E-state index is 0.120. The maximum Gasteiger partial charge on any atom is 0.159 e. The summed E-state index contributed by atoms with van der Waals surface area (Å²) in [6, 6.07) is 6.67. The van der Waals surface area contributed by atoms with Gasteiger partial charge in [-0.05, 0) is 73.4 Å². The summed E-state index contributed by atoms with van der Waals surface area (Å²) in [4.78, 5) is 16.6. The third kappa shape index (κ3) is 3.32.